The molecule has 1 aromatic carbocycles. The van der Waals surface area contributed by atoms with E-state index < -0.39 is 0 Å². The van der Waals surface area contributed by atoms with Gasteiger partial charge in [-0.2, -0.15) is 0 Å². The van der Waals surface area contributed by atoms with Crippen molar-refractivity contribution in [1.82, 2.24) is 10.2 Å². The Hall–Kier alpha value is -1.51. The lowest BCUT2D eigenvalue weighted by Crippen LogP contribution is -2.42. The lowest BCUT2D eigenvalue weighted by molar-refractivity contribution is 0.195. The Balaban J connectivity index is 1.62. The number of hydrogen-bond donors (Lipinski definition) is 1. The second-order valence-corrected chi connectivity index (χ2v) is 6.89. The maximum Gasteiger partial charge on any atom is 0.317 e. The quantitative estimate of drug-likeness (QED) is 0.873. The molecule has 3 rings (SSSR count). The van der Waals surface area contributed by atoms with Gasteiger partial charge >= 0.3 is 6.03 Å². The smallest absolute Gasteiger partial charge is 0.317 e. The summed E-state index contributed by atoms with van der Waals surface area (Å²) in [4.78, 5) is 14.4. The molecule has 1 N–H and O–H groups in total. The van der Waals surface area contributed by atoms with E-state index in [0.717, 1.165) is 19.0 Å². The van der Waals surface area contributed by atoms with Gasteiger partial charge in [-0.15, -0.1) is 0 Å². The van der Waals surface area contributed by atoms with Crippen LogP contribution in [0.25, 0.3) is 0 Å². The van der Waals surface area contributed by atoms with Crippen molar-refractivity contribution in [2.75, 3.05) is 13.1 Å². The van der Waals surface area contributed by atoms with Crippen molar-refractivity contribution in [2.24, 2.45) is 5.92 Å². The van der Waals surface area contributed by atoms with Gasteiger partial charge in [0.15, 0.2) is 0 Å². The molecule has 0 heterocycles. The Morgan fingerprint density at radius 3 is 2.68 bits per heavy atom. The van der Waals surface area contributed by atoms with Crippen LogP contribution in [-0.4, -0.2) is 24.0 Å². The van der Waals surface area contributed by atoms with E-state index in [1.54, 1.807) is 0 Å². The number of fused-ring (bicyclic) bond motifs is 1. The number of aryl methyl sites for hydroxylation is 2. The van der Waals surface area contributed by atoms with Crippen LogP contribution in [0.2, 0.25) is 0 Å². The maximum atomic E-state index is 12.4. The summed E-state index contributed by atoms with van der Waals surface area (Å²) in [6, 6.07) is 6.91. The monoisotopic (exact) mass is 300 g/mol. The van der Waals surface area contributed by atoms with E-state index in [1.165, 1.54) is 55.2 Å². The predicted molar refractivity (Wildman–Crippen MR) is 90.0 cm³/mol. The third kappa shape index (κ3) is 3.63. The first-order valence-electron chi connectivity index (χ1n) is 8.84. The molecule has 1 fully saturated rings. The molecule has 0 aromatic heterocycles. The number of nitrogens with zero attached hydrogens (tertiary/aromatic N) is 1. The van der Waals surface area contributed by atoms with E-state index in [-0.39, 0.29) is 12.1 Å². The van der Waals surface area contributed by atoms with Crippen LogP contribution in [-0.2, 0) is 12.8 Å². The van der Waals surface area contributed by atoms with Crippen molar-refractivity contribution in [3.05, 3.63) is 34.9 Å². The van der Waals surface area contributed by atoms with Crippen LogP contribution in [0.4, 0.5) is 4.79 Å². The summed E-state index contributed by atoms with van der Waals surface area (Å²) in [7, 11) is 0. The SMILES string of the molecule is CCN(CC1CC1)C(=O)NC(C)c1ccc2c(c1)CCCC2. The molecule has 3 heteroatoms. The fraction of sp³-hybridized carbons (Fsp3) is 0.632. The molecular weight excluding hydrogens is 272 g/mol. The highest BCUT2D eigenvalue weighted by molar-refractivity contribution is 5.74. The number of carbonyl (C=O) groups is 1. The summed E-state index contributed by atoms with van der Waals surface area (Å²) in [5.41, 5.74) is 4.21. The minimum absolute atomic E-state index is 0.0768. The Labute approximate surface area is 134 Å². The van der Waals surface area contributed by atoms with Crippen molar-refractivity contribution in [1.29, 1.82) is 0 Å². The molecule has 0 aliphatic heterocycles. The van der Waals surface area contributed by atoms with Gasteiger partial charge in [0.05, 0.1) is 6.04 Å². The average Bonchev–Trinajstić information content (AvgIpc) is 3.36. The van der Waals surface area contributed by atoms with Gasteiger partial charge in [0.2, 0.25) is 0 Å². The second-order valence-electron chi connectivity index (χ2n) is 6.89. The molecule has 120 valence electrons. The van der Waals surface area contributed by atoms with Gasteiger partial charge < -0.3 is 10.2 Å². The molecule has 0 bridgehead atoms. The highest BCUT2D eigenvalue weighted by Gasteiger charge is 2.26. The fourth-order valence-electron chi connectivity index (χ4n) is 3.35. The van der Waals surface area contributed by atoms with Gasteiger partial charge in [0.25, 0.3) is 0 Å². The Bertz CT molecular complexity index is 536. The van der Waals surface area contributed by atoms with Crippen LogP contribution in [0.1, 0.15) is 62.3 Å². The first-order valence-corrected chi connectivity index (χ1v) is 8.84. The topological polar surface area (TPSA) is 32.3 Å². The first-order chi connectivity index (χ1) is 10.7. The summed E-state index contributed by atoms with van der Waals surface area (Å²) in [6.07, 6.45) is 7.57. The number of benzene rings is 1. The molecule has 0 spiro atoms. The zero-order valence-electron chi connectivity index (χ0n) is 13.9. The normalized spacial score (nSPS) is 18.5. The molecule has 0 saturated heterocycles. The lowest BCUT2D eigenvalue weighted by Gasteiger charge is -2.25. The van der Waals surface area contributed by atoms with Gasteiger partial charge in [0, 0.05) is 13.1 Å². The zero-order chi connectivity index (χ0) is 15.5. The van der Waals surface area contributed by atoms with E-state index in [4.69, 9.17) is 0 Å². The summed E-state index contributed by atoms with van der Waals surface area (Å²) in [5, 5.41) is 3.17. The highest BCUT2D eigenvalue weighted by Crippen LogP contribution is 2.30. The van der Waals surface area contributed by atoms with Crippen LogP contribution in [0.15, 0.2) is 18.2 Å². The summed E-state index contributed by atoms with van der Waals surface area (Å²) in [5.74, 6) is 0.741. The molecule has 22 heavy (non-hydrogen) atoms. The van der Waals surface area contributed by atoms with Crippen molar-refractivity contribution in [2.45, 2.75) is 58.4 Å². The summed E-state index contributed by atoms with van der Waals surface area (Å²) >= 11 is 0. The number of carbonyl (C=O) groups excluding carboxylic acids is 1. The summed E-state index contributed by atoms with van der Waals surface area (Å²) in [6.45, 7) is 5.86. The lowest BCUT2D eigenvalue weighted by atomic mass is 9.89. The van der Waals surface area contributed by atoms with Gasteiger partial charge in [-0.25, -0.2) is 4.79 Å². The zero-order valence-corrected chi connectivity index (χ0v) is 13.9. The van der Waals surface area contributed by atoms with Crippen LogP contribution < -0.4 is 5.32 Å². The maximum absolute atomic E-state index is 12.4. The highest BCUT2D eigenvalue weighted by atomic mass is 16.2. The molecule has 2 aliphatic carbocycles. The molecule has 0 radical (unpaired) electrons. The van der Waals surface area contributed by atoms with Crippen LogP contribution in [0.5, 0.6) is 0 Å². The molecule has 2 amide bonds. The Morgan fingerprint density at radius 2 is 2.00 bits per heavy atom. The molecule has 1 aromatic rings. The van der Waals surface area contributed by atoms with E-state index >= 15 is 0 Å². The van der Waals surface area contributed by atoms with E-state index in [2.05, 4.69) is 37.4 Å². The molecule has 2 aliphatic rings. The van der Waals surface area contributed by atoms with Gasteiger partial charge in [-0.3, -0.25) is 0 Å². The van der Waals surface area contributed by atoms with Crippen LogP contribution in [0.3, 0.4) is 0 Å². The van der Waals surface area contributed by atoms with Crippen molar-refractivity contribution >= 4 is 6.03 Å². The van der Waals surface area contributed by atoms with Crippen LogP contribution in [0, 0.1) is 5.92 Å². The van der Waals surface area contributed by atoms with Crippen LogP contribution >= 0.6 is 0 Å². The number of hydrogen-bond acceptors (Lipinski definition) is 1. The average molecular weight is 300 g/mol. The standard InChI is InChI=1S/C19H28N2O/c1-3-21(13-15-8-9-15)19(22)20-14(2)17-11-10-16-6-4-5-7-18(16)12-17/h10-12,14-15H,3-9,13H2,1-2H3,(H,20,22). The molecular formula is C19H28N2O. The van der Waals surface area contributed by atoms with E-state index in [9.17, 15) is 4.79 Å². The predicted octanol–water partition coefficient (Wildman–Crippen LogP) is 4.07. The van der Waals surface area contributed by atoms with Crippen molar-refractivity contribution in [3.8, 4) is 0 Å². The van der Waals surface area contributed by atoms with Gasteiger partial charge in [-0.05, 0) is 75.0 Å². The number of amides is 2. The first kappa shape index (κ1) is 15.4. The number of rotatable bonds is 5. The summed E-state index contributed by atoms with van der Waals surface area (Å²) < 4.78 is 0. The molecule has 1 saturated carbocycles. The second kappa shape index (κ2) is 6.72. The minimum atomic E-state index is 0.0768. The molecule has 1 atom stereocenters. The van der Waals surface area contributed by atoms with Crippen molar-refractivity contribution in [3.63, 3.8) is 0 Å². The van der Waals surface area contributed by atoms with Gasteiger partial charge in [-0.1, -0.05) is 18.2 Å². The van der Waals surface area contributed by atoms with E-state index in [0.29, 0.717) is 0 Å². The van der Waals surface area contributed by atoms with Crippen molar-refractivity contribution < 1.29 is 4.79 Å². The van der Waals surface area contributed by atoms with Gasteiger partial charge in [0.1, 0.15) is 0 Å². The molecule has 1 unspecified atom stereocenters. The number of urea groups is 1. The third-order valence-corrected chi connectivity index (χ3v) is 5.06. The fourth-order valence-corrected chi connectivity index (χ4v) is 3.35. The Morgan fingerprint density at radius 1 is 1.27 bits per heavy atom. The van der Waals surface area contributed by atoms with E-state index in [1.807, 2.05) is 4.90 Å². The minimum Gasteiger partial charge on any atom is -0.331 e. The third-order valence-electron chi connectivity index (χ3n) is 5.06. The Kier molecular flexibility index (Phi) is 4.70. The largest absolute Gasteiger partial charge is 0.331 e. The number of nitrogens with one attached hydrogen (secondary N) is 1. The molecule has 3 nitrogen and oxygen atoms in total.